The molecule has 0 atom stereocenters. The lowest BCUT2D eigenvalue weighted by Crippen LogP contribution is -2.49. The van der Waals surface area contributed by atoms with E-state index < -0.39 is 10.0 Å². The average Bonchev–Trinajstić information content (AvgIpc) is 2.92. The highest BCUT2D eigenvalue weighted by molar-refractivity contribution is 7.92. The lowest BCUT2D eigenvalue weighted by Gasteiger charge is -2.36. The maximum atomic E-state index is 13.4. The van der Waals surface area contributed by atoms with Crippen LogP contribution in [-0.2, 0) is 10.0 Å². The van der Waals surface area contributed by atoms with Crippen LogP contribution in [-0.4, -0.2) is 59.1 Å². The second-order valence-corrected chi connectivity index (χ2v) is 10.6. The Morgan fingerprint density at radius 1 is 0.973 bits per heavy atom. The summed E-state index contributed by atoms with van der Waals surface area (Å²) in [6.07, 6.45) is 0.889. The Bertz CT molecular complexity index is 1330. The first kappa shape index (κ1) is 26.3. The number of para-hydroxylation sites is 2. The summed E-state index contributed by atoms with van der Waals surface area (Å²) in [5, 5.41) is 0. The van der Waals surface area contributed by atoms with Gasteiger partial charge < -0.3 is 19.3 Å². The standard InChI is InChI=1S/C28H33N3O5S/c1-4-19-36-23-12-10-22(11-13-23)29-37(33,34)24-14-9-21(2)25(20-24)28(32)31-17-15-30(16-18-31)26-7-5-6-8-27(26)35-3/h5-14,20,29H,4,15-19H2,1-3H3. The van der Waals surface area contributed by atoms with Gasteiger partial charge >= 0.3 is 0 Å². The molecular weight excluding hydrogens is 490 g/mol. The number of sulfonamides is 1. The van der Waals surface area contributed by atoms with Crippen LogP contribution in [0.5, 0.6) is 11.5 Å². The van der Waals surface area contributed by atoms with Gasteiger partial charge in [-0.25, -0.2) is 8.42 Å². The molecule has 1 saturated heterocycles. The molecule has 1 heterocycles. The number of hydrogen-bond acceptors (Lipinski definition) is 6. The average molecular weight is 524 g/mol. The minimum atomic E-state index is -3.88. The highest BCUT2D eigenvalue weighted by Crippen LogP contribution is 2.29. The molecule has 0 aromatic heterocycles. The van der Waals surface area contributed by atoms with E-state index in [0.29, 0.717) is 49.8 Å². The van der Waals surface area contributed by atoms with Crippen molar-refractivity contribution < 1.29 is 22.7 Å². The summed E-state index contributed by atoms with van der Waals surface area (Å²) in [5.74, 6) is 1.30. The topological polar surface area (TPSA) is 88.2 Å². The maximum absolute atomic E-state index is 13.4. The van der Waals surface area contributed by atoms with E-state index in [4.69, 9.17) is 9.47 Å². The monoisotopic (exact) mass is 523 g/mol. The van der Waals surface area contributed by atoms with E-state index in [1.807, 2.05) is 38.1 Å². The number of rotatable bonds is 9. The Morgan fingerprint density at radius 2 is 1.68 bits per heavy atom. The van der Waals surface area contributed by atoms with E-state index in [0.717, 1.165) is 23.4 Å². The van der Waals surface area contributed by atoms with Crippen molar-refractivity contribution in [3.05, 3.63) is 77.9 Å². The number of hydrogen-bond donors (Lipinski definition) is 1. The van der Waals surface area contributed by atoms with Gasteiger partial charge in [-0.05, 0) is 67.4 Å². The number of aryl methyl sites for hydroxylation is 1. The Kier molecular flexibility index (Phi) is 8.23. The summed E-state index contributed by atoms with van der Waals surface area (Å²) in [6, 6.07) is 19.2. The zero-order chi connectivity index (χ0) is 26.4. The van der Waals surface area contributed by atoms with Gasteiger partial charge in [0, 0.05) is 37.4 Å². The van der Waals surface area contributed by atoms with Gasteiger partial charge in [0.1, 0.15) is 11.5 Å². The van der Waals surface area contributed by atoms with E-state index in [1.54, 1.807) is 42.3 Å². The van der Waals surface area contributed by atoms with Crippen LogP contribution in [0.25, 0.3) is 0 Å². The first-order valence-corrected chi connectivity index (χ1v) is 13.8. The van der Waals surface area contributed by atoms with E-state index in [2.05, 4.69) is 9.62 Å². The van der Waals surface area contributed by atoms with E-state index in [-0.39, 0.29) is 10.8 Å². The summed E-state index contributed by atoms with van der Waals surface area (Å²) in [4.78, 5) is 17.4. The molecule has 1 fully saturated rings. The van der Waals surface area contributed by atoms with Crippen molar-refractivity contribution in [2.45, 2.75) is 25.2 Å². The number of piperazine rings is 1. The van der Waals surface area contributed by atoms with Crippen LogP contribution in [0.3, 0.4) is 0 Å². The number of nitrogens with zero attached hydrogens (tertiary/aromatic N) is 2. The molecule has 0 saturated carbocycles. The summed E-state index contributed by atoms with van der Waals surface area (Å²) < 4.78 is 39.8. The molecule has 3 aromatic rings. The fourth-order valence-corrected chi connectivity index (χ4v) is 5.35. The molecule has 0 bridgehead atoms. The van der Waals surface area contributed by atoms with Crippen LogP contribution < -0.4 is 19.1 Å². The Morgan fingerprint density at radius 3 is 2.35 bits per heavy atom. The number of anilines is 2. The number of carbonyl (C=O) groups excluding carboxylic acids is 1. The lowest BCUT2D eigenvalue weighted by molar-refractivity contribution is 0.0745. The van der Waals surface area contributed by atoms with Crippen LogP contribution >= 0.6 is 0 Å². The number of methoxy groups -OCH3 is 1. The number of benzene rings is 3. The minimum Gasteiger partial charge on any atom is -0.495 e. The Labute approximate surface area is 218 Å². The van der Waals surface area contributed by atoms with E-state index >= 15 is 0 Å². The van der Waals surface area contributed by atoms with Gasteiger partial charge in [-0.3, -0.25) is 9.52 Å². The molecule has 0 aliphatic carbocycles. The number of nitrogens with one attached hydrogen (secondary N) is 1. The normalized spacial score (nSPS) is 13.8. The first-order chi connectivity index (χ1) is 17.8. The molecular formula is C28H33N3O5S. The van der Waals surface area contributed by atoms with Crippen LogP contribution in [0.2, 0.25) is 0 Å². The highest BCUT2D eigenvalue weighted by atomic mass is 32.2. The minimum absolute atomic E-state index is 0.0421. The van der Waals surface area contributed by atoms with Crippen LogP contribution in [0.1, 0.15) is 29.3 Å². The van der Waals surface area contributed by atoms with Crippen LogP contribution in [0.4, 0.5) is 11.4 Å². The summed E-state index contributed by atoms with van der Waals surface area (Å²) in [6.45, 7) is 6.80. The third kappa shape index (κ3) is 6.17. The molecule has 0 radical (unpaired) electrons. The van der Waals surface area contributed by atoms with E-state index in [1.165, 1.54) is 12.1 Å². The molecule has 3 aromatic carbocycles. The predicted molar refractivity (Wildman–Crippen MR) is 145 cm³/mol. The van der Waals surface area contributed by atoms with Crippen LogP contribution in [0.15, 0.2) is 71.6 Å². The lowest BCUT2D eigenvalue weighted by atomic mass is 10.1. The summed E-state index contributed by atoms with van der Waals surface area (Å²) in [5.41, 5.74) is 2.53. The first-order valence-electron chi connectivity index (χ1n) is 12.4. The van der Waals surface area contributed by atoms with E-state index in [9.17, 15) is 13.2 Å². The van der Waals surface area contributed by atoms with Gasteiger partial charge in [0.05, 0.1) is 24.3 Å². The summed E-state index contributed by atoms with van der Waals surface area (Å²) >= 11 is 0. The molecule has 1 aliphatic rings. The van der Waals surface area contributed by atoms with Gasteiger partial charge in [0.2, 0.25) is 0 Å². The zero-order valence-corrected chi connectivity index (χ0v) is 22.3. The van der Waals surface area contributed by atoms with Gasteiger partial charge in [-0.1, -0.05) is 25.1 Å². The van der Waals surface area contributed by atoms with Crippen molar-refractivity contribution in [3.63, 3.8) is 0 Å². The molecule has 1 aliphatic heterocycles. The Hall–Kier alpha value is -3.72. The highest BCUT2D eigenvalue weighted by Gasteiger charge is 2.26. The molecule has 37 heavy (non-hydrogen) atoms. The largest absolute Gasteiger partial charge is 0.495 e. The fraction of sp³-hybridized carbons (Fsp3) is 0.321. The zero-order valence-electron chi connectivity index (χ0n) is 21.4. The van der Waals surface area contributed by atoms with Crippen LogP contribution in [0, 0.1) is 6.92 Å². The molecule has 1 amide bonds. The second-order valence-electron chi connectivity index (χ2n) is 8.91. The number of amides is 1. The van der Waals surface area contributed by atoms with Crippen molar-refractivity contribution in [2.24, 2.45) is 0 Å². The molecule has 9 heteroatoms. The van der Waals surface area contributed by atoms with Gasteiger partial charge in [0.15, 0.2) is 0 Å². The number of carbonyl (C=O) groups is 1. The molecule has 0 unspecified atom stereocenters. The molecule has 4 rings (SSSR count). The van der Waals surface area contributed by atoms with Crippen molar-refractivity contribution in [1.82, 2.24) is 4.90 Å². The summed E-state index contributed by atoms with van der Waals surface area (Å²) in [7, 11) is -2.24. The van der Waals surface area contributed by atoms with Crippen molar-refractivity contribution in [3.8, 4) is 11.5 Å². The smallest absolute Gasteiger partial charge is 0.261 e. The Balaban J connectivity index is 1.46. The molecule has 196 valence electrons. The van der Waals surface area contributed by atoms with Gasteiger partial charge in [-0.2, -0.15) is 0 Å². The SMILES string of the molecule is CCCOc1ccc(NS(=O)(=O)c2ccc(C)c(C(=O)N3CCN(c4ccccc4OC)CC3)c2)cc1. The van der Waals surface area contributed by atoms with Crippen molar-refractivity contribution >= 4 is 27.3 Å². The number of ether oxygens (including phenoxy) is 2. The maximum Gasteiger partial charge on any atom is 0.261 e. The quantitative estimate of drug-likeness (QED) is 0.443. The van der Waals surface area contributed by atoms with Gasteiger partial charge in [-0.15, -0.1) is 0 Å². The molecule has 1 N–H and O–H groups in total. The third-order valence-corrected chi connectivity index (χ3v) is 7.70. The third-order valence-electron chi connectivity index (χ3n) is 6.32. The molecule has 0 spiro atoms. The molecule has 8 nitrogen and oxygen atoms in total. The van der Waals surface area contributed by atoms with Crippen molar-refractivity contribution in [1.29, 1.82) is 0 Å². The fourth-order valence-electron chi connectivity index (χ4n) is 4.26. The van der Waals surface area contributed by atoms with Crippen molar-refractivity contribution in [2.75, 3.05) is 49.5 Å². The van der Waals surface area contributed by atoms with Gasteiger partial charge in [0.25, 0.3) is 15.9 Å². The predicted octanol–water partition coefficient (Wildman–Crippen LogP) is 4.56. The second kappa shape index (κ2) is 11.6.